The van der Waals surface area contributed by atoms with Crippen LogP contribution >= 0.6 is 0 Å². The third-order valence-electron chi connectivity index (χ3n) is 4.28. The first-order valence-corrected chi connectivity index (χ1v) is 6.78. The van der Waals surface area contributed by atoms with Gasteiger partial charge in [0.25, 0.3) is 0 Å². The maximum Gasteiger partial charge on any atom is 0.229 e. The van der Waals surface area contributed by atoms with Gasteiger partial charge in [-0.15, -0.1) is 0 Å². The van der Waals surface area contributed by atoms with Gasteiger partial charge >= 0.3 is 0 Å². The summed E-state index contributed by atoms with van der Waals surface area (Å²) in [5.74, 6) is 0.437. The van der Waals surface area contributed by atoms with Gasteiger partial charge in [0.15, 0.2) is 0 Å². The molecule has 102 valence electrons. The van der Waals surface area contributed by atoms with Crippen LogP contribution in [0.2, 0.25) is 0 Å². The lowest BCUT2D eigenvalue weighted by molar-refractivity contribution is -0.143. The molecule has 18 heavy (non-hydrogen) atoms. The molecule has 2 rings (SSSR count). The largest absolute Gasteiger partial charge is 0.359 e. The molecule has 2 N–H and O–H groups in total. The third-order valence-corrected chi connectivity index (χ3v) is 4.28. The highest BCUT2D eigenvalue weighted by atomic mass is 16.2. The van der Waals surface area contributed by atoms with E-state index in [0.29, 0.717) is 13.1 Å². The Labute approximate surface area is 108 Å². The molecular weight excluding hydrogens is 230 g/mol. The number of nitrogens with zero attached hydrogens (tertiary/aromatic N) is 1. The van der Waals surface area contributed by atoms with E-state index in [1.54, 1.807) is 7.05 Å². The number of nitrogens with one attached hydrogen (secondary N) is 2. The number of carbonyl (C=O) groups excluding carboxylic acids is 2. The van der Waals surface area contributed by atoms with E-state index < -0.39 is 0 Å². The smallest absolute Gasteiger partial charge is 0.229 e. The van der Waals surface area contributed by atoms with Crippen LogP contribution in [0.5, 0.6) is 0 Å². The van der Waals surface area contributed by atoms with E-state index in [9.17, 15) is 9.59 Å². The van der Waals surface area contributed by atoms with Crippen molar-refractivity contribution in [2.24, 2.45) is 11.3 Å². The molecule has 0 aromatic carbocycles. The Balaban J connectivity index is 1.89. The molecule has 2 aliphatic rings. The number of piperidine rings is 1. The van der Waals surface area contributed by atoms with Crippen LogP contribution in [0.25, 0.3) is 0 Å². The first-order valence-electron chi connectivity index (χ1n) is 6.78. The van der Waals surface area contributed by atoms with Gasteiger partial charge in [0, 0.05) is 32.6 Å². The molecule has 1 unspecified atom stereocenters. The molecule has 0 spiro atoms. The lowest BCUT2D eigenvalue weighted by Crippen LogP contribution is -2.48. The van der Waals surface area contributed by atoms with Crippen molar-refractivity contribution in [2.75, 3.05) is 33.2 Å². The van der Waals surface area contributed by atoms with Gasteiger partial charge in [-0.3, -0.25) is 9.59 Å². The van der Waals surface area contributed by atoms with E-state index in [1.807, 2.05) is 11.8 Å². The fourth-order valence-electron chi connectivity index (χ4n) is 2.93. The fourth-order valence-corrected chi connectivity index (χ4v) is 2.93. The van der Waals surface area contributed by atoms with Crippen molar-refractivity contribution in [1.29, 1.82) is 0 Å². The van der Waals surface area contributed by atoms with E-state index in [-0.39, 0.29) is 23.1 Å². The van der Waals surface area contributed by atoms with E-state index >= 15 is 0 Å². The molecule has 0 aliphatic carbocycles. The van der Waals surface area contributed by atoms with Crippen molar-refractivity contribution in [3.63, 3.8) is 0 Å². The molecule has 2 aliphatic heterocycles. The van der Waals surface area contributed by atoms with Crippen LogP contribution in [-0.4, -0.2) is 49.9 Å². The van der Waals surface area contributed by atoms with Gasteiger partial charge in [0.05, 0.1) is 5.41 Å². The second kappa shape index (κ2) is 5.26. The van der Waals surface area contributed by atoms with Crippen molar-refractivity contribution in [1.82, 2.24) is 15.5 Å². The van der Waals surface area contributed by atoms with Crippen molar-refractivity contribution in [2.45, 2.75) is 26.2 Å². The zero-order valence-electron chi connectivity index (χ0n) is 11.3. The Bertz CT molecular complexity index is 329. The third kappa shape index (κ3) is 2.51. The van der Waals surface area contributed by atoms with Crippen LogP contribution in [0.4, 0.5) is 0 Å². The minimum absolute atomic E-state index is 0.0774. The van der Waals surface area contributed by atoms with Gasteiger partial charge in [0.1, 0.15) is 0 Å². The van der Waals surface area contributed by atoms with Gasteiger partial charge in [-0.25, -0.2) is 0 Å². The van der Waals surface area contributed by atoms with Gasteiger partial charge in [-0.05, 0) is 32.7 Å². The lowest BCUT2D eigenvalue weighted by Gasteiger charge is -2.36. The highest BCUT2D eigenvalue weighted by Gasteiger charge is 2.40. The standard InChI is InChI=1S/C13H23N3O2/c1-13(5-6-15-9-13)12(18)16-7-3-10(4-8-16)11(17)14-2/h10,15H,3-9H2,1-2H3,(H,14,17). The van der Waals surface area contributed by atoms with Crippen LogP contribution in [0.3, 0.4) is 0 Å². The fraction of sp³-hybridized carbons (Fsp3) is 0.846. The van der Waals surface area contributed by atoms with Crippen LogP contribution < -0.4 is 10.6 Å². The molecule has 0 saturated carbocycles. The van der Waals surface area contributed by atoms with Crippen molar-refractivity contribution in [3.05, 3.63) is 0 Å². The second-order valence-electron chi connectivity index (χ2n) is 5.67. The number of amides is 2. The summed E-state index contributed by atoms with van der Waals surface area (Å²) in [5, 5.41) is 5.95. The van der Waals surface area contributed by atoms with Gasteiger partial charge in [-0.2, -0.15) is 0 Å². The number of hydrogen-bond donors (Lipinski definition) is 2. The molecule has 2 heterocycles. The van der Waals surface area contributed by atoms with Gasteiger partial charge < -0.3 is 15.5 Å². The molecule has 5 nitrogen and oxygen atoms in total. The van der Waals surface area contributed by atoms with Gasteiger partial charge in [0.2, 0.25) is 11.8 Å². The maximum atomic E-state index is 12.5. The molecule has 0 bridgehead atoms. The first kappa shape index (κ1) is 13.3. The molecular formula is C13H23N3O2. The topological polar surface area (TPSA) is 61.4 Å². The summed E-state index contributed by atoms with van der Waals surface area (Å²) in [7, 11) is 1.67. The monoisotopic (exact) mass is 253 g/mol. The Hall–Kier alpha value is -1.10. The predicted octanol–water partition coefficient (Wildman–Crippen LogP) is -0.0294. The number of carbonyl (C=O) groups is 2. The molecule has 2 fully saturated rings. The number of likely N-dealkylation sites (tertiary alicyclic amines) is 1. The summed E-state index contributed by atoms with van der Waals surface area (Å²) in [6.07, 6.45) is 2.49. The maximum absolute atomic E-state index is 12.5. The first-order chi connectivity index (χ1) is 8.57. The quantitative estimate of drug-likeness (QED) is 0.726. The minimum atomic E-state index is -0.236. The van der Waals surface area contributed by atoms with Crippen molar-refractivity contribution >= 4 is 11.8 Å². The molecule has 5 heteroatoms. The molecule has 1 atom stereocenters. The summed E-state index contributed by atoms with van der Waals surface area (Å²) >= 11 is 0. The van der Waals surface area contributed by atoms with Crippen LogP contribution in [-0.2, 0) is 9.59 Å². The van der Waals surface area contributed by atoms with Crippen LogP contribution in [0.15, 0.2) is 0 Å². The molecule has 0 aromatic heterocycles. The number of hydrogen-bond acceptors (Lipinski definition) is 3. The molecule has 2 saturated heterocycles. The lowest BCUT2D eigenvalue weighted by atomic mass is 9.86. The van der Waals surface area contributed by atoms with E-state index in [1.165, 1.54) is 0 Å². The summed E-state index contributed by atoms with van der Waals surface area (Å²) in [6, 6.07) is 0. The highest BCUT2D eigenvalue weighted by molar-refractivity contribution is 5.84. The highest BCUT2D eigenvalue weighted by Crippen LogP contribution is 2.29. The van der Waals surface area contributed by atoms with Crippen molar-refractivity contribution in [3.8, 4) is 0 Å². The van der Waals surface area contributed by atoms with E-state index in [4.69, 9.17) is 0 Å². The molecule has 0 radical (unpaired) electrons. The zero-order chi connectivity index (χ0) is 13.2. The minimum Gasteiger partial charge on any atom is -0.359 e. The van der Waals surface area contributed by atoms with Crippen LogP contribution in [0, 0.1) is 11.3 Å². The van der Waals surface area contributed by atoms with E-state index in [0.717, 1.165) is 32.4 Å². The Morgan fingerprint density at radius 2 is 2.00 bits per heavy atom. The van der Waals surface area contributed by atoms with Crippen molar-refractivity contribution < 1.29 is 9.59 Å². The number of rotatable bonds is 2. The predicted molar refractivity (Wildman–Crippen MR) is 69.0 cm³/mol. The SMILES string of the molecule is CNC(=O)C1CCN(C(=O)C2(C)CCNC2)CC1. The Kier molecular flexibility index (Phi) is 3.90. The summed E-state index contributed by atoms with van der Waals surface area (Å²) in [6.45, 7) is 5.18. The Morgan fingerprint density at radius 1 is 1.33 bits per heavy atom. The van der Waals surface area contributed by atoms with Gasteiger partial charge in [-0.1, -0.05) is 0 Å². The molecule has 2 amide bonds. The normalized spacial score (nSPS) is 29.3. The van der Waals surface area contributed by atoms with E-state index in [2.05, 4.69) is 10.6 Å². The average molecular weight is 253 g/mol. The molecule has 0 aromatic rings. The summed E-state index contributed by atoms with van der Waals surface area (Å²) in [4.78, 5) is 25.9. The second-order valence-corrected chi connectivity index (χ2v) is 5.67. The average Bonchev–Trinajstić information content (AvgIpc) is 2.85. The summed E-state index contributed by atoms with van der Waals surface area (Å²) in [5.41, 5.74) is -0.236. The Morgan fingerprint density at radius 3 is 2.50 bits per heavy atom. The zero-order valence-corrected chi connectivity index (χ0v) is 11.3. The summed E-state index contributed by atoms with van der Waals surface area (Å²) < 4.78 is 0. The van der Waals surface area contributed by atoms with Crippen LogP contribution in [0.1, 0.15) is 26.2 Å².